The maximum Gasteiger partial charge on any atom is 0.279 e. The highest BCUT2D eigenvalue weighted by molar-refractivity contribution is 5.93. The number of nitrogen functional groups attached to an aromatic ring is 1. The van der Waals surface area contributed by atoms with Crippen LogP contribution in [-0.2, 0) is 0 Å². The fourth-order valence-corrected chi connectivity index (χ4v) is 3.78. The molecule has 1 aliphatic rings. The van der Waals surface area contributed by atoms with Crippen molar-refractivity contribution >= 4 is 11.7 Å². The van der Waals surface area contributed by atoms with E-state index in [1.54, 1.807) is 6.07 Å². The largest absolute Gasteiger partial charge is 0.384 e. The number of hydroxylamine groups is 2. The Kier molecular flexibility index (Phi) is 6.03. The van der Waals surface area contributed by atoms with Crippen LogP contribution >= 0.6 is 0 Å². The maximum absolute atomic E-state index is 12.3. The van der Waals surface area contributed by atoms with E-state index < -0.39 is 5.91 Å². The zero-order valence-electron chi connectivity index (χ0n) is 15.7. The van der Waals surface area contributed by atoms with Crippen LogP contribution in [0.3, 0.4) is 0 Å². The van der Waals surface area contributed by atoms with Gasteiger partial charge in [-0.15, -0.1) is 6.58 Å². The molecule has 2 rings (SSSR count). The zero-order valence-corrected chi connectivity index (χ0v) is 15.7. The Morgan fingerprint density at radius 2 is 2.19 bits per heavy atom. The number of carbonyl (C=O) groups excluding carboxylic acids is 1. The second kappa shape index (κ2) is 7.87. The summed E-state index contributed by atoms with van der Waals surface area (Å²) < 4.78 is 0. The SMILES string of the molecule is C=C[C@]1(C)CC[C@@H](C(=C)CN(O)C(=O)c2ccc(N)nc2)C[C@H]1C(=C)C. The van der Waals surface area contributed by atoms with Crippen molar-refractivity contribution in [1.82, 2.24) is 10.0 Å². The molecule has 0 aromatic carbocycles. The maximum atomic E-state index is 12.3. The van der Waals surface area contributed by atoms with Crippen LogP contribution in [0.1, 0.15) is 43.5 Å². The highest BCUT2D eigenvalue weighted by Gasteiger charge is 2.39. The number of hydrogen-bond donors (Lipinski definition) is 2. The quantitative estimate of drug-likeness (QED) is 0.454. The molecule has 3 atom stereocenters. The lowest BCUT2D eigenvalue weighted by molar-refractivity contribution is -0.0532. The van der Waals surface area contributed by atoms with Crippen molar-refractivity contribution in [3.63, 3.8) is 0 Å². The lowest BCUT2D eigenvalue weighted by atomic mass is 9.61. The molecule has 1 amide bonds. The summed E-state index contributed by atoms with van der Waals surface area (Å²) >= 11 is 0. The third kappa shape index (κ3) is 4.22. The molecule has 5 heteroatoms. The molecule has 0 bridgehead atoms. The van der Waals surface area contributed by atoms with Gasteiger partial charge in [-0.3, -0.25) is 10.0 Å². The summed E-state index contributed by atoms with van der Waals surface area (Å²) in [6, 6.07) is 3.08. The predicted molar refractivity (Wildman–Crippen MR) is 105 cm³/mol. The fourth-order valence-electron chi connectivity index (χ4n) is 3.78. The first-order valence-electron chi connectivity index (χ1n) is 8.87. The lowest BCUT2D eigenvalue weighted by Crippen LogP contribution is -2.36. The Bertz CT molecular complexity index is 710. The molecule has 1 heterocycles. The Hall–Kier alpha value is -2.40. The molecule has 0 aliphatic heterocycles. The molecule has 26 heavy (non-hydrogen) atoms. The van der Waals surface area contributed by atoms with E-state index in [2.05, 4.69) is 31.6 Å². The summed E-state index contributed by atoms with van der Waals surface area (Å²) in [4.78, 5) is 16.2. The minimum Gasteiger partial charge on any atom is -0.384 e. The van der Waals surface area contributed by atoms with Crippen LogP contribution in [0.4, 0.5) is 5.82 Å². The van der Waals surface area contributed by atoms with Gasteiger partial charge in [0.25, 0.3) is 5.91 Å². The number of carbonyl (C=O) groups is 1. The summed E-state index contributed by atoms with van der Waals surface area (Å²) in [7, 11) is 0. The molecule has 140 valence electrons. The van der Waals surface area contributed by atoms with Gasteiger partial charge < -0.3 is 5.73 Å². The van der Waals surface area contributed by atoms with Crippen molar-refractivity contribution in [2.75, 3.05) is 12.3 Å². The first-order chi connectivity index (χ1) is 12.2. The van der Waals surface area contributed by atoms with Crippen LogP contribution < -0.4 is 5.73 Å². The Labute approximate surface area is 155 Å². The number of nitrogens with zero attached hydrogens (tertiary/aromatic N) is 2. The second-order valence-electron chi connectivity index (χ2n) is 7.57. The molecule has 1 aliphatic carbocycles. The number of nitrogens with two attached hydrogens (primary N) is 1. The van der Waals surface area contributed by atoms with Crippen LogP contribution in [0.15, 0.2) is 55.3 Å². The Balaban J connectivity index is 2.03. The molecule has 1 fully saturated rings. The van der Waals surface area contributed by atoms with E-state index in [1.165, 1.54) is 12.3 Å². The van der Waals surface area contributed by atoms with Gasteiger partial charge in [0.15, 0.2) is 0 Å². The number of rotatable bonds is 6. The topological polar surface area (TPSA) is 79.5 Å². The van der Waals surface area contributed by atoms with Crippen molar-refractivity contribution in [1.29, 1.82) is 0 Å². The number of aromatic nitrogens is 1. The molecule has 3 N–H and O–H groups in total. The molecule has 1 saturated carbocycles. The van der Waals surface area contributed by atoms with Gasteiger partial charge in [-0.25, -0.2) is 10.0 Å². The summed E-state index contributed by atoms with van der Waals surface area (Å²) in [5.74, 6) is 0.368. The molecule has 0 saturated heterocycles. The van der Waals surface area contributed by atoms with Crippen LogP contribution in [0.2, 0.25) is 0 Å². The predicted octanol–water partition coefficient (Wildman–Crippen LogP) is 4.24. The number of amides is 1. The van der Waals surface area contributed by atoms with Crippen molar-refractivity contribution < 1.29 is 10.0 Å². The minimum atomic E-state index is -0.512. The first-order valence-corrected chi connectivity index (χ1v) is 8.87. The summed E-state index contributed by atoms with van der Waals surface area (Å²) in [6.45, 7) is 16.6. The number of allylic oxidation sites excluding steroid dienone is 2. The summed E-state index contributed by atoms with van der Waals surface area (Å²) in [5.41, 5.74) is 7.83. The number of anilines is 1. The van der Waals surface area contributed by atoms with E-state index in [9.17, 15) is 10.0 Å². The van der Waals surface area contributed by atoms with Crippen LogP contribution in [0, 0.1) is 17.3 Å². The summed E-state index contributed by atoms with van der Waals surface area (Å²) in [6.07, 6.45) is 6.23. The number of hydrogen-bond acceptors (Lipinski definition) is 4. The van der Waals surface area contributed by atoms with Gasteiger partial charge in [0.2, 0.25) is 0 Å². The average molecular weight is 355 g/mol. The molecule has 1 aromatic rings. The molecular weight excluding hydrogens is 326 g/mol. The van der Waals surface area contributed by atoms with E-state index in [-0.39, 0.29) is 23.4 Å². The summed E-state index contributed by atoms with van der Waals surface area (Å²) in [5, 5.41) is 10.9. The lowest BCUT2D eigenvalue weighted by Gasteiger charge is -2.44. The van der Waals surface area contributed by atoms with Crippen molar-refractivity contribution in [3.8, 4) is 0 Å². The van der Waals surface area contributed by atoms with Gasteiger partial charge in [0.05, 0.1) is 12.1 Å². The molecule has 5 nitrogen and oxygen atoms in total. The Morgan fingerprint density at radius 1 is 1.50 bits per heavy atom. The van der Waals surface area contributed by atoms with Gasteiger partial charge in [-0.05, 0) is 55.6 Å². The highest BCUT2D eigenvalue weighted by atomic mass is 16.5. The van der Waals surface area contributed by atoms with Gasteiger partial charge >= 0.3 is 0 Å². The average Bonchev–Trinajstić information content (AvgIpc) is 2.61. The highest BCUT2D eigenvalue weighted by Crippen LogP contribution is 2.48. The van der Waals surface area contributed by atoms with E-state index in [0.717, 1.165) is 30.4 Å². The molecular formula is C21H29N3O2. The molecule has 0 unspecified atom stereocenters. The van der Waals surface area contributed by atoms with Gasteiger partial charge in [0.1, 0.15) is 5.82 Å². The van der Waals surface area contributed by atoms with Gasteiger partial charge in [-0.2, -0.15) is 0 Å². The van der Waals surface area contributed by atoms with Crippen molar-refractivity contribution in [3.05, 3.63) is 60.9 Å². The van der Waals surface area contributed by atoms with Crippen LogP contribution in [0.5, 0.6) is 0 Å². The van der Waals surface area contributed by atoms with Gasteiger partial charge in [-0.1, -0.05) is 37.3 Å². The third-order valence-electron chi connectivity index (χ3n) is 5.61. The number of pyridine rings is 1. The molecule has 1 aromatic heterocycles. The molecule has 0 spiro atoms. The van der Waals surface area contributed by atoms with Crippen molar-refractivity contribution in [2.24, 2.45) is 17.3 Å². The second-order valence-corrected chi connectivity index (χ2v) is 7.57. The van der Waals surface area contributed by atoms with Crippen LogP contribution in [0.25, 0.3) is 0 Å². The standard InChI is InChI=1S/C21H29N3O2/c1-6-21(5)10-9-16(11-18(21)14(2)3)15(4)13-24(26)20(25)17-7-8-19(22)23-12-17/h6-8,12,16,18,26H,1-2,4,9-11,13H2,3,5H3,(H2,22,23)/t16-,18+,21-/m1/s1. The van der Waals surface area contributed by atoms with Crippen molar-refractivity contribution in [2.45, 2.75) is 33.1 Å². The first kappa shape index (κ1) is 19.9. The van der Waals surface area contributed by atoms with Crippen LogP contribution in [-0.4, -0.2) is 27.7 Å². The van der Waals surface area contributed by atoms with E-state index in [0.29, 0.717) is 16.8 Å². The molecule has 0 radical (unpaired) electrons. The van der Waals surface area contributed by atoms with E-state index in [1.807, 2.05) is 13.0 Å². The van der Waals surface area contributed by atoms with Gasteiger partial charge in [0, 0.05) is 6.20 Å². The monoisotopic (exact) mass is 355 g/mol. The third-order valence-corrected chi connectivity index (χ3v) is 5.61. The normalized spacial score (nSPS) is 25.3. The minimum absolute atomic E-state index is 0.0347. The van der Waals surface area contributed by atoms with E-state index >= 15 is 0 Å². The zero-order chi connectivity index (χ0) is 19.5. The Morgan fingerprint density at radius 3 is 2.73 bits per heavy atom. The smallest absolute Gasteiger partial charge is 0.279 e. The van der Waals surface area contributed by atoms with E-state index in [4.69, 9.17) is 5.73 Å². The fraction of sp³-hybridized carbons (Fsp3) is 0.429.